The molecule has 15 heavy (non-hydrogen) atoms. The van der Waals surface area contributed by atoms with Crippen LogP contribution in [-0.2, 0) is 0 Å². The summed E-state index contributed by atoms with van der Waals surface area (Å²) in [6, 6.07) is 0. The molecule has 0 saturated carbocycles. The minimum Gasteiger partial charge on any atom is -0.478 e. The van der Waals surface area contributed by atoms with E-state index in [-0.39, 0.29) is 37.5 Å². The third-order valence-corrected chi connectivity index (χ3v) is 3.71. The molecule has 0 heterocycles. The van der Waals surface area contributed by atoms with Crippen LogP contribution in [0.5, 0.6) is 5.75 Å². The van der Waals surface area contributed by atoms with Crippen LogP contribution in [0.25, 0.3) is 0 Å². The molecule has 0 aliphatic heterocycles. The summed E-state index contributed by atoms with van der Waals surface area (Å²) in [6.07, 6.45) is 5.03. The largest absolute Gasteiger partial charge is 0.478 e. The van der Waals surface area contributed by atoms with Crippen molar-refractivity contribution in [2.24, 2.45) is 0 Å². The molecule has 0 amide bonds. The third-order valence-electron chi connectivity index (χ3n) is 1.47. The quantitative estimate of drug-likeness (QED) is 0.426. The van der Waals surface area contributed by atoms with E-state index in [1.54, 1.807) is 0 Å². The van der Waals surface area contributed by atoms with E-state index >= 15 is 0 Å². The summed E-state index contributed by atoms with van der Waals surface area (Å²) < 4.78 is 5.11. The maximum atomic E-state index is 5.86. The number of hydrogen-bond donors (Lipinski definition) is 0. The van der Waals surface area contributed by atoms with Crippen molar-refractivity contribution in [3.05, 3.63) is 25.1 Å². The number of benzene rings is 1. The van der Waals surface area contributed by atoms with Crippen LogP contribution >= 0.6 is 58.0 Å². The van der Waals surface area contributed by atoms with Gasteiger partial charge < -0.3 is 4.74 Å². The van der Waals surface area contributed by atoms with Crippen molar-refractivity contribution in [3.63, 3.8) is 0 Å². The van der Waals surface area contributed by atoms with E-state index in [1.165, 1.54) is 0 Å². The van der Waals surface area contributed by atoms with E-state index in [4.69, 9.17) is 69.2 Å². The lowest BCUT2D eigenvalue weighted by Crippen LogP contribution is -1.96. The zero-order chi connectivity index (χ0) is 11.6. The number of halogens is 5. The van der Waals surface area contributed by atoms with Gasteiger partial charge in [0.2, 0.25) is 0 Å². The van der Waals surface area contributed by atoms with Gasteiger partial charge in [0, 0.05) is 0 Å². The van der Waals surface area contributed by atoms with Crippen LogP contribution in [0, 0.1) is 12.3 Å². The van der Waals surface area contributed by atoms with Gasteiger partial charge in [0.25, 0.3) is 0 Å². The number of hydrogen-bond acceptors (Lipinski definition) is 1. The van der Waals surface area contributed by atoms with Gasteiger partial charge in [-0.3, -0.25) is 0 Å². The van der Waals surface area contributed by atoms with Gasteiger partial charge in [-0.05, 0) is 0 Å². The molecular formula is C9H3Cl5O. The molecule has 0 unspecified atom stereocenters. The zero-order valence-electron chi connectivity index (χ0n) is 7.08. The van der Waals surface area contributed by atoms with Crippen LogP contribution in [0.2, 0.25) is 25.1 Å². The van der Waals surface area contributed by atoms with Crippen LogP contribution in [0.3, 0.4) is 0 Å². The normalized spacial score (nSPS) is 9.87. The minimum absolute atomic E-state index is 0.00767. The Balaban J connectivity index is 3.33. The van der Waals surface area contributed by atoms with Gasteiger partial charge in [-0.2, -0.15) is 0 Å². The van der Waals surface area contributed by atoms with Crippen molar-refractivity contribution in [1.82, 2.24) is 0 Å². The molecule has 0 bridgehead atoms. The molecule has 0 saturated heterocycles. The highest BCUT2D eigenvalue weighted by molar-refractivity contribution is 6.55. The molecule has 1 rings (SSSR count). The Morgan fingerprint density at radius 2 is 1.27 bits per heavy atom. The molecule has 0 aromatic heterocycles. The Morgan fingerprint density at radius 1 is 0.867 bits per heavy atom. The molecule has 1 aromatic carbocycles. The lowest BCUT2D eigenvalue weighted by molar-refractivity contribution is 0.371. The molecule has 0 fully saturated rings. The molecular weight excluding hydrogens is 301 g/mol. The van der Waals surface area contributed by atoms with Gasteiger partial charge in [-0.1, -0.05) is 63.9 Å². The highest BCUT2D eigenvalue weighted by Gasteiger charge is 2.20. The lowest BCUT2D eigenvalue weighted by atomic mass is 10.3. The third kappa shape index (κ3) is 2.58. The topological polar surface area (TPSA) is 9.23 Å². The van der Waals surface area contributed by atoms with Crippen molar-refractivity contribution >= 4 is 58.0 Å². The minimum atomic E-state index is 0.00767. The molecule has 1 nitrogen and oxygen atoms in total. The summed E-state index contributed by atoms with van der Waals surface area (Å²) >= 11 is 29.1. The molecule has 0 atom stereocenters. The van der Waals surface area contributed by atoms with Gasteiger partial charge >= 0.3 is 0 Å². The Kier molecular flexibility index (Phi) is 4.70. The molecule has 0 spiro atoms. The van der Waals surface area contributed by atoms with Gasteiger partial charge in [0.15, 0.2) is 5.75 Å². The van der Waals surface area contributed by atoms with Gasteiger partial charge in [0.05, 0.1) is 15.1 Å². The van der Waals surface area contributed by atoms with E-state index in [0.717, 1.165) is 0 Å². The van der Waals surface area contributed by atoms with E-state index < -0.39 is 0 Å². The van der Waals surface area contributed by atoms with E-state index in [0.29, 0.717) is 0 Å². The number of rotatable bonds is 2. The smallest absolute Gasteiger partial charge is 0.161 e. The first-order chi connectivity index (χ1) is 7.00. The second-order valence-electron chi connectivity index (χ2n) is 2.39. The first-order valence-corrected chi connectivity index (χ1v) is 5.47. The predicted octanol–water partition coefficient (Wildman–Crippen LogP) is 4.97. The fourth-order valence-corrected chi connectivity index (χ4v) is 2.06. The Morgan fingerprint density at radius 3 is 1.67 bits per heavy atom. The van der Waals surface area contributed by atoms with Crippen molar-refractivity contribution < 1.29 is 4.74 Å². The molecule has 6 heteroatoms. The second kappa shape index (κ2) is 5.39. The summed E-state index contributed by atoms with van der Waals surface area (Å²) in [4.78, 5) is 0. The summed E-state index contributed by atoms with van der Waals surface area (Å²) in [5, 5.41) is 0.429. The van der Waals surface area contributed by atoms with E-state index in [9.17, 15) is 0 Å². The van der Waals surface area contributed by atoms with Crippen LogP contribution in [0.1, 0.15) is 0 Å². The predicted molar refractivity (Wildman–Crippen MR) is 65.8 cm³/mol. The van der Waals surface area contributed by atoms with Crippen LogP contribution < -0.4 is 4.74 Å². The van der Waals surface area contributed by atoms with E-state index in [1.807, 2.05) is 0 Å². The number of ether oxygens (including phenoxy) is 1. The fourth-order valence-electron chi connectivity index (χ4n) is 0.825. The molecule has 1 aromatic rings. The summed E-state index contributed by atoms with van der Waals surface area (Å²) in [6.45, 7) is 0.00767. The standard InChI is InChI=1S/C9H3Cl5O/c1-2-3-15-9-7(13)5(11)4(10)6(12)8(9)14/h1H,3H2. The van der Waals surface area contributed by atoms with Crippen molar-refractivity contribution in [2.45, 2.75) is 0 Å². The second-order valence-corrected chi connectivity index (χ2v) is 4.28. The first kappa shape index (κ1) is 13.1. The lowest BCUT2D eigenvalue weighted by Gasteiger charge is -2.11. The summed E-state index contributed by atoms with van der Waals surface area (Å²) in [5.41, 5.74) is 0. The SMILES string of the molecule is C#CCOc1c(Cl)c(Cl)c(Cl)c(Cl)c1Cl. The van der Waals surface area contributed by atoms with E-state index in [2.05, 4.69) is 5.92 Å². The molecule has 0 aliphatic rings. The summed E-state index contributed by atoms with van der Waals surface area (Å²) in [5.74, 6) is 2.40. The first-order valence-electron chi connectivity index (χ1n) is 3.58. The molecule has 0 N–H and O–H groups in total. The Labute approximate surface area is 112 Å². The Hall–Kier alpha value is 0.0300. The highest BCUT2D eigenvalue weighted by Crippen LogP contribution is 2.48. The van der Waals surface area contributed by atoms with Crippen LogP contribution in [-0.4, -0.2) is 6.61 Å². The molecule has 0 radical (unpaired) electrons. The fraction of sp³-hybridized carbons (Fsp3) is 0.111. The van der Waals surface area contributed by atoms with Gasteiger partial charge in [-0.25, -0.2) is 0 Å². The van der Waals surface area contributed by atoms with Crippen molar-refractivity contribution in [3.8, 4) is 18.1 Å². The highest BCUT2D eigenvalue weighted by atomic mass is 35.5. The average Bonchev–Trinajstić information content (AvgIpc) is 2.24. The van der Waals surface area contributed by atoms with Gasteiger partial charge in [-0.15, -0.1) is 6.42 Å². The van der Waals surface area contributed by atoms with Crippen LogP contribution in [0.4, 0.5) is 0 Å². The maximum Gasteiger partial charge on any atom is 0.161 e. The number of terminal acetylenes is 1. The summed E-state index contributed by atoms with van der Waals surface area (Å²) in [7, 11) is 0. The van der Waals surface area contributed by atoms with Gasteiger partial charge in [0.1, 0.15) is 16.7 Å². The Bertz CT molecular complexity index is 406. The molecule has 0 aliphatic carbocycles. The average molecular weight is 304 g/mol. The van der Waals surface area contributed by atoms with Crippen LogP contribution in [0.15, 0.2) is 0 Å². The maximum absolute atomic E-state index is 5.86. The zero-order valence-corrected chi connectivity index (χ0v) is 10.9. The molecule has 80 valence electrons. The van der Waals surface area contributed by atoms with Crippen molar-refractivity contribution in [2.75, 3.05) is 6.61 Å². The monoisotopic (exact) mass is 302 g/mol. The van der Waals surface area contributed by atoms with Crippen molar-refractivity contribution in [1.29, 1.82) is 0 Å².